The van der Waals surface area contributed by atoms with E-state index in [0.29, 0.717) is 13.1 Å². The molecule has 0 radical (unpaired) electrons. The first-order valence-electron chi connectivity index (χ1n) is 11.6. The topological polar surface area (TPSA) is 38.8 Å². The lowest BCUT2D eigenvalue weighted by Gasteiger charge is -2.42. The summed E-state index contributed by atoms with van der Waals surface area (Å²) < 4.78 is 12.3. The fraction of sp³-hybridized carbons (Fsp3) is 0.276. The maximum Gasteiger partial charge on any atom is 0.260 e. The Morgan fingerprint density at radius 3 is 2.55 bits per heavy atom. The van der Waals surface area contributed by atoms with Gasteiger partial charge in [0.05, 0.1) is 0 Å². The van der Waals surface area contributed by atoms with E-state index in [-0.39, 0.29) is 18.1 Å². The number of piperidine rings is 1. The quantitative estimate of drug-likeness (QED) is 0.514. The Balaban J connectivity index is 1.20. The molecule has 3 aromatic rings. The predicted octanol–water partition coefficient (Wildman–Crippen LogP) is 5.82. The molecule has 0 N–H and O–H groups in total. The molecule has 0 saturated carbocycles. The zero-order chi connectivity index (χ0) is 22.8. The third-order valence-corrected chi connectivity index (χ3v) is 6.87. The molecule has 1 amide bonds. The van der Waals surface area contributed by atoms with Crippen LogP contribution in [0.15, 0.2) is 72.8 Å². The van der Waals surface area contributed by atoms with Crippen LogP contribution in [0.2, 0.25) is 0 Å². The highest BCUT2D eigenvalue weighted by Gasteiger charge is 2.38. The first-order valence-corrected chi connectivity index (χ1v) is 11.6. The lowest BCUT2D eigenvalue weighted by atomic mass is 9.87. The molecule has 5 rings (SSSR count). The minimum Gasteiger partial charge on any atom is -0.483 e. The Morgan fingerprint density at radius 1 is 0.970 bits per heavy atom. The van der Waals surface area contributed by atoms with Crippen LogP contribution in [0.25, 0.3) is 17.2 Å². The molecule has 0 aliphatic carbocycles. The minimum absolute atomic E-state index is 0.0263. The summed E-state index contributed by atoms with van der Waals surface area (Å²) in [6, 6.07) is 22.7. The fourth-order valence-corrected chi connectivity index (χ4v) is 4.59. The lowest BCUT2D eigenvalue weighted by molar-refractivity contribution is -0.136. The third-order valence-electron chi connectivity index (χ3n) is 6.87. The van der Waals surface area contributed by atoms with Crippen molar-refractivity contribution in [3.05, 3.63) is 89.5 Å². The van der Waals surface area contributed by atoms with Gasteiger partial charge in [0.2, 0.25) is 0 Å². The smallest absolute Gasteiger partial charge is 0.260 e. The van der Waals surface area contributed by atoms with Crippen LogP contribution in [0.4, 0.5) is 0 Å². The number of likely N-dealkylation sites (tertiary alicyclic amines) is 1. The minimum atomic E-state index is -0.341. The Bertz CT molecular complexity index is 1190. The van der Waals surface area contributed by atoms with Gasteiger partial charge in [-0.05, 0) is 60.4 Å². The van der Waals surface area contributed by atoms with Crippen molar-refractivity contribution in [3.8, 4) is 22.6 Å². The van der Waals surface area contributed by atoms with Gasteiger partial charge in [0.25, 0.3) is 5.91 Å². The van der Waals surface area contributed by atoms with E-state index in [4.69, 9.17) is 9.47 Å². The summed E-state index contributed by atoms with van der Waals surface area (Å²) in [6.07, 6.45) is 5.90. The van der Waals surface area contributed by atoms with Crippen molar-refractivity contribution in [1.82, 2.24) is 4.90 Å². The van der Waals surface area contributed by atoms with E-state index in [9.17, 15) is 4.79 Å². The van der Waals surface area contributed by atoms with Crippen molar-refractivity contribution in [2.45, 2.75) is 32.3 Å². The van der Waals surface area contributed by atoms with Crippen molar-refractivity contribution >= 4 is 12.0 Å². The molecule has 33 heavy (non-hydrogen) atoms. The predicted molar refractivity (Wildman–Crippen MR) is 131 cm³/mol. The standard InChI is InChI=1S/C29H29NO3/c1-21-7-6-10-26(22(21)2)32-20-28(31)30-17-15-29(16-18-30)14-13-25-19-24(11-12-27(25)33-29)23-8-4-3-5-9-23/h3-14,19H,15-18,20H2,1-2H3. The maximum atomic E-state index is 12.8. The summed E-state index contributed by atoms with van der Waals surface area (Å²) in [5.74, 6) is 1.72. The molecule has 1 saturated heterocycles. The second-order valence-electron chi connectivity index (χ2n) is 8.99. The van der Waals surface area contributed by atoms with Gasteiger partial charge in [-0.1, -0.05) is 54.6 Å². The number of nitrogens with zero attached hydrogens (tertiary/aromatic N) is 1. The van der Waals surface area contributed by atoms with E-state index in [1.165, 1.54) is 11.1 Å². The summed E-state index contributed by atoms with van der Waals surface area (Å²) in [4.78, 5) is 14.6. The van der Waals surface area contributed by atoms with Crippen molar-refractivity contribution in [2.24, 2.45) is 0 Å². The molecule has 2 aliphatic rings. The van der Waals surface area contributed by atoms with Gasteiger partial charge in [-0.25, -0.2) is 0 Å². The van der Waals surface area contributed by atoms with Gasteiger partial charge in [0, 0.05) is 31.5 Å². The molecule has 2 aliphatic heterocycles. The van der Waals surface area contributed by atoms with Crippen LogP contribution < -0.4 is 9.47 Å². The van der Waals surface area contributed by atoms with Crippen LogP contribution in [0.3, 0.4) is 0 Å². The number of fused-ring (bicyclic) bond motifs is 1. The van der Waals surface area contributed by atoms with E-state index in [2.05, 4.69) is 54.6 Å². The largest absolute Gasteiger partial charge is 0.483 e. The SMILES string of the molecule is Cc1cccc(OCC(=O)N2CCC3(C=Cc4cc(-c5ccccc5)ccc4O3)CC2)c1C. The number of ether oxygens (including phenoxy) is 2. The molecule has 4 nitrogen and oxygen atoms in total. The van der Waals surface area contributed by atoms with Crippen LogP contribution in [0.5, 0.6) is 11.5 Å². The van der Waals surface area contributed by atoms with Crippen molar-refractivity contribution in [3.63, 3.8) is 0 Å². The molecule has 3 aromatic carbocycles. The van der Waals surface area contributed by atoms with Gasteiger partial charge < -0.3 is 14.4 Å². The van der Waals surface area contributed by atoms with E-state index in [1.54, 1.807) is 0 Å². The highest BCUT2D eigenvalue weighted by atomic mass is 16.5. The van der Waals surface area contributed by atoms with Gasteiger partial charge in [-0.3, -0.25) is 4.79 Å². The summed E-state index contributed by atoms with van der Waals surface area (Å²) >= 11 is 0. The number of hydrogen-bond acceptors (Lipinski definition) is 3. The van der Waals surface area contributed by atoms with E-state index in [0.717, 1.165) is 41.0 Å². The Morgan fingerprint density at radius 2 is 1.76 bits per heavy atom. The first kappa shape index (κ1) is 21.3. The molecule has 0 bridgehead atoms. The molecule has 0 unspecified atom stereocenters. The molecule has 2 heterocycles. The Hall–Kier alpha value is -3.53. The number of hydrogen-bond donors (Lipinski definition) is 0. The monoisotopic (exact) mass is 439 g/mol. The number of aryl methyl sites for hydroxylation is 1. The highest BCUT2D eigenvalue weighted by Crippen LogP contribution is 2.38. The molecular formula is C29H29NO3. The van der Waals surface area contributed by atoms with Crippen LogP contribution in [-0.2, 0) is 4.79 Å². The van der Waals surface area contributed by atoms with Crippen LogP contribution in [0, 0.1) is 13.8 Å². The number of amides is 1. The van der Waals surface area contributed by atoms with Crippen LogP contribution >= 0.6 is 0 Å². The molecule has 1 spiro atoms. The highest BCUT2D eigenvalue weighted by molar-refractivity contribution is 5.78. The van der Waals surface area contributed by atoms with E-state index in [1.807, 2.05) is 43.0 Å². The maximum absolute atomic E-state index is 12.8. The summed E-state index contributed by atoms with van der Waals surface area (Å²) in [5, 5.41) is 0. The van der Waals surface area contributed by atoms with Gasteiger partial charge in [-0.15, -0.1) is 0 Å². The van der Waals surface area contributed by atoms with Gasteiger partial charge in [0.15, 0.2) is 6.61 Å². The number of benzene rings is 3. The molecule has 168 valence electrons. The van der Waals surface area contributed by atoms with Crippen molar-refractivity contribution in [2.75, 3.05) is 19.7 Å². The first-order chi connectivity index (χ1) is 16.0. The van der Waals surface area contributed by atoms with Crippen LogP contribution in [-0.4, -0.2) is 36.1 Å². The average Bonchev–Trinajstić information content (AvgIpc) is 2.85. The Labute approximate surface area is 195 Å². The molecule has 0 aromatic heterocycles. The summed E-state index contributed by atoms with van der Waals surface area (Å²) in [6.45, 7) is 5.46. The second-order valence-corrected chi connectivity index (χ2v) is 8.99. The zero-order valence-electron chi connectivity index (χ0n) is 19.2. The van der Waals surface area contributed by atoms with E-state index < -0.39 is 0 Å². The third kappa shape index (κ3) is 4.38. The number of carbonyl (C=O) groups is 1. The fourth-order valence-electron chi connectivity index (χ4n) is 4.59. The summed E-state index contributed by atoms with van der Waals surface area (Å²) in [5.41, 5.74) is 5.38. The Kier molecular flexibility index (Phi) is 5.67. The molecule has 1 fully saturated rings. The van der Waals surface area contributed by atoms with Gasteiger partial charge >= 0.3 is 0 Å². The van der Waals surface area contributed by atoms with Crippen molar-refractivity contribution in [1.29, 1.82) is 0 Å². The average molecular weight is 440 g/mol. The molecule has 0 atom stereocenters. The van der Waals surface area contributed by atoms with Crippen LogP contribution in [0.1, 0.15) is 29.5 Å². The van der Waals surface area contributed by atoms with E-state index >= 15 is 0 Å². The number of rotatable bonds is 4. The number of carbonyl (C=O) groups excluding carboxylic acids is 1. The zero-order valence-corrected chi connectivity index (χ0v) is 19.2. The normalized spacial score (nSPS) is 16.2. The summed E-state index contributed by atoms with van der Waals surface area (Å²) in [7, 11) is 0. The van der Waals surface area contributed by atoms with Gasteiger partial charge in [0.1, 0.15) is 17.1 Å². The van der Waals surface area contributed by atoms with Crippen molar-refractivity contribution < 1.29 is 14.3 Å². The molecule has 4 heteroatoms. The van der Waals surface area contributed by atoms with Gasteiger partial charge in [-0.2, -0.15) is 0 Å². The lowest BCUT2D eigenvalue weighted by Crippen LogP contribution is -2.50. The molecular weight excluding hydrogens is 410 g/mol. The second kappa shape index (κ2) is 8.78.